The van der Waals surface area contributed by atoms with Crippen LogP contribution in [-0.4, -0.2) is 4.98 Å². The van der Waals surface area contributed by atoms with E-state index in [1.165, 1.54) is 67.5 Å². The standard InChI is InChI=1S/C21H23N/c1-2-4-6-10-18-16(9-5-3-1)13-14-17-15-22-20-12-8-7-11-19(20)21(17)18/h7-8,11-15H,1-6,9-10H2. The lowest BCUT2D eigenvalue weighted by atomic mass is 9.89. The highest BCUT2D eigenvalue weighted by Crippen LogP contribution is 2.31. The first-order valence-corrected chi connectivity index (χ1v) is 8.72. The molecule has 3 aromatic rings. The largest absolute Gasteiger partial charge is 0.256 e. The van der Waals surface area contributed by atoms with E-state index in [1.54, 1.807) is 11.1 Å². The van der Waals surface area contributed by atoms with Gasteiger partial charge in [0.1, 0.15) is 0 Å². The van der Waals surface area contributed by atoms with Crippen molar-refractivity contribution in [1.82, 2.24) is 4.98 Å². The Morgan fingerprint density at radius 2 is 1.50 bits per heavy atom. The zero-order valence-corrected chi connectivity index (χ0v) is 13.1. The van der Waals surface area contributed by atoms with E-state index in [2.05, 4.69) is 47.6 Å². The van der Waals surface area contributed by atoms with Gasteiger partial charge in [0.2, 0.25) is 0 Å². The van der Waals surface area contributed by atoms with Gasteiger partial charge in [0, 0.05) is 17.0 Å². The van der Waals surface area contributed by atoms with Crippen LogP contribution in [0, 0.1) is 0 Å². The Labute approximate surface area is 132 Å². The highest BCUT2D eigenvalue weighted by atomic mass is 14.6. The van der Waals surface area contributed by atoms with E-state index in [1.807, 2.05) is 0 Å². The molecule has 112 valence electrons. The van der Waals surface area contributed by atoms with Gasteiger partial charge < -0.3 is 0 Å². The average Bonchev–Trinajstić information content (AvgIpc) is 2.58. The summed E-state index contributed by atoms with van der Waals surface area (Å²) in [5, 5.41) is 4.09. The molecule has 0 radical (unpaired) electrons. The second-order valence-corrected chi connectivity index (χ2v) is 6.56. The van der Waals surface area contributed by atoms with Gasteiger partial charge in [-0.05, 0) is 48.3 Å². The highest BCUT2D eigenvalue weighted by Gasteiger charge is 2.12. The molecule has 0 atom stereocenters. The molecule has 0 spiro atoms. The van der Waals surface area contributed by atoms with Gasteiger partial charge in [0.05, 0.1) is 5.52 Å². The fourth-order valence-corrected chi connectivity index (χ4v) is 3.92. The minimum absolute atomic E-state index is 1.13. The van der Waals surface area contributed by atoms with Crippen molar-refractivity contribution in [1.29, 1.82) is 0 Å². The monoisotopic (exact) mass is 289 g/mol. The molecule has 0 fully saturated rings. The Balaban J connectivity index is 1.96. The minimum Gasteiger partial charge on any atom is -0.256 e. The number of fused-ring (bicyclic) bond motifs is 5. The molecule has 0 aliphatic heterocycles. The van der Waals surface area contributed by atoms with Gasteiger partial charge in [-0.25, -0.2) is 0 Å². The van der Waals surface area contributed by atoms with Crippen molar-refractivity contribution < 1.29 is 0 Å². The van der Waals surface area contributed by atoms with Crippen LogP contribution in [0.4, 0.5) is 0 Å². The Morgan fingerprint density at radius 3 is 2.41 bits per heavy atom. The number of pyridine rings is 1. The second kappa shape index (κ2) is 6.08. The Morgan fingerprint density at radius 1 is 0.727 bits per heavy atom. The Hall–Kier alpha value is -1.89. The number of hydrogen-bond acceptors (Lipinski definition) is 1. The van der Waals surface area contributed by atoms with Crippen LogP contribution in [0.25, 0.3) is 21.7 Å². The fourth-order valence-electron chi connectivity index (χ4n) is 3.92. The van der Waals surface area contributed by atoms with Gasteiger partial charge in [-0.3, -0.25) is 4.98 Å². The number of hydrogen-bond donors (Lipinski definition) is 0. The smallest absolute Gasteiger partial charge is 0.0708 e. The van der Waals surface area contributed by atoms with E-state index in [0.717, 1.165) is 5.52 Å². The molecule has 4 rings (SSSR count). The van der Waals surface area contributed by atoms with Crippen LogP contribution in [0.3, 0.4) is 0 Å². The predicted molar refractivity (Wildman–Crippen MR) is 94.4 cm³/mol. The number of nitrogens with zero attached hydrogens (tertiary/aromatic N) is 1. The molecule has 1 heterocycles. The van der Waals surface area contributed by atoms with Crippen molar-refractivity contribution in [2.24, 2.45) is 0 Å². The SMILES string of the molecule is c1ccc2c(c1)ncc1ccc3c(c12)CCCCCCCC3. The normalized spacial score (nSPS) is 16.5. The molecule has 1 aliphatic carbocycles. The van der Waals surface area contributed by atoms with Crippen molar-refractivity contribution in [3.05, 3.63) is 53.7 Å². The number of benzene rings is 2. The predicted octanol–water partition coefficient (Wildman–Crippen LogP) is 5.83. The molecule has 1 heteroatoms. The summed E-state index contributed by atoms with van der Waals surface area (Å²) in [5.74, 6) is 0. The van der Waals surface area contributed by atoms with E-state index in [0.29, 0.717) is 0 Å². The first-order valence-electron chi connectivity index (χ1n) is 8.72. The minimum atomic E-state index is 1.13. The number of rotatable bonds is 0. The molecule has 2 aromatic carbocycles. The van der Waals surface area contributed by atoms with Crippen LogP contribution < -0.4 is 0 Å². The van der Waals surface area contributed by atoms with E-state index in [4.69, 9.17) is 0 Å². The fraction of sp³-hybridized carbons (Fsp3) is 0.381. The van der Waals surface area contributed by atoms with E-state index in [-0.39, 0.29) is 0 Å². The number of para-hydroxylation sites is 1. The van der Waals surface area contributed by atoms with Crippen molar-refractivity contribution >= 4 is 21.7 Å². The van der Waals surface area contributed by atoms with Crippen LogP contribution in [0.5, 0.6) is 0 Å². The highest BCUT2D eigenvalue weighted by molar-refractivity contribution is 6.07. The van der Waals surface area contributed by atoms with Crippen molar-refractivity contribution in [3.8, 4) is 0 Å². The summed E-state index contributed by atoms with van der Waals surface area (Å²) in [6.07, 6.45) is 12.7. The third-order valence-electron chi connectivity index (χ3n) is 5.08. The molecule has 0 saturated heterocycles. The van der Waals surface area contributed by atoms with Crippen molar-refractivity contribution in [2.45, 2.75) is 51.4 Å². The van der Waals surface area contributed by atoms with Crippen LogP contribution >= 0.6 is 0 Å². The maximum absolute atomic E-state index is 4.63. The molecular formula is C21H23N. The summed E-state index contributed by atoms with van der Waals surface area (Å²) in [6.45, 7) is 0. The average molecular weight is 289 g/mol. The van der Waals surface area contributed by atoms with Crippen LogP contribution in [0.15, 0.2) is 42.6 Å². The lowest BCUT2D eigenvalue weighted by Crippen LogP contribution is -2.00. The summed E-state index contributed by atoms with van der Waals surface area (Å²) in [7, 11) is 0. The third-order valence-corrected chi connectivity index (χ3v) is 5.08. The van der Waals surface area contributed by atoms with Crippen molar-refractivity contribution in [3.63, 3.8) is 0 Å². The van der Waals surface area contributed by atoms with Crippen LogP contribution in [0.1, 0.15) is 49.7 Å². The molecule has 0 N–H and O–H groups in total. The zero-order chi connectivity index (χ0) is 14.8. The molecule has 1 nitrogen and oxygen atoms in total. The second-order valence-electron chi connectivity index (χ2n) is 6.56. The maximum atomic E-state index is 4.63. The summed E-state index contributed by atoms with van der Waals surface area (Å²) < 4.78 is 0. The van der Waals surface area contributed by atoms with Gasteiger partial charge in [-0.15, -0.1) is 0 Å². The molecule has 0 bridgehead atoms. The Kier molecular flexibility index (Phi) is 3.80. The molecular weight excluding hydrogens is 266 g/mol. The third kappa shape index (κ3) is 2.49. The zero-order valence-electron chi connectivity index (χ0n) is 13.1. The summed E-state index contributed by atoms with van der Waals surface area (Å²) in [6, 6.07) is 13.2. The quantitative estimate of drug-likeness (QED) is 0.475. The first kappa shape index (κ1) is 13.8. The van der Waals surface area contributed by atoms with Gasteiger partial charge in [0.15, 0.2) is 0 Å². The van der Waals surface area contributed by atoms with Crippen LogP contribution in [-0.2, 0) is 12.8 Å². The molecule has 22 heavy (non-hydrogen) atoms. The number of aryl methyl sites for hydroxylation is 2. The molecule has 1 aromatic heterocycles. The van der Waals surface area contributed by atoms with E-state index in [9.17, 15) is 0 Å². The molecule has 0 amide bonds. The van der Waals surface area contributed by atoms with Gasteiger partial charge in [-0.1, -0.05) is 56.0 Å². The molecule has 0 unspecified atom stereocenters. The van der Waals surface area contributed by atoms with Gasteiger partial charge in [0.25, 0.3) is 0 Å². The van der Waals surface area contributed by atoms with Gasteiger partial charge >= 0.3 is 0 Å². The summed E-state index contributed by atoms with van der Waals surface area (Å²) in [4.78, 5) is 4.63. The van der Waals surface area contributed by atoms with Crippen molar-refractivity contribution in [2.75, 3.05) is 0 Å². The Bertz CT molecular complexity index is 803. The topological polar surface area (TPSA) is 12.9 Å². The van der Waals surface area contributed by atoms with Gasteiger partial charge in [-0.2, -0.15) is 0 Å². The van der Waals surface area contributed by atoms with E-state index >= 15 is 0 Å². The van der Waals surface area contributed by atoms with Crippen LogP contribution in [0.2, 0.25) is 0 Å². The lowest BCUT2D eigenvalue weighted by molar-refractivity contribution is 0.582. The molecule has 1 aliphatic rings. The maximum Gasteiger partial charge on any atom is 0.0708 e. The first-order chi connectivity index (χ1) is 10.9. The van der Waals surface area contributed by atoms with E-state index < -0.39 is 0 Å². The molecule has 0 saturated carbocycles. The lowest BCUT2D eigenvalue weighted by Gasteiger charge is -2.16. The number of aromatic nitrogens is 1. The summed E-state index contributed by atoms with van der Waals surface area (Å²) in [5.41, 5.74) is 4.30. The summed E-state index contributed by atoms with van der Waals surface area (Å²) >= 11 is 0.